The largest absolute Gasteiger partial charge is 0.454 e. The fraction of sp³-hybridized carbons (Fsp3) is 0.238. The molecular formula is C21H18N4O5S2. The molecule has 2 aromatic carbocycles. The SMILES string of the molecule is CN(C)CCN(C(=O)c1cc2cc([N+](=O)[O-])ccc2s1)c1nc2cc3c(cc2s1)OCO3. The molecule has 0 unspecified atom stereocenters. The van der Waals surface area contributed by atoms with E-state index in [0.717, 1.165) is 14.9 Å². The molecule has 32 heavy (non-hydrogen) atoms. The van der Waals surface area contributed by atoms with Gasteiger partial charge in [-0.2, -0.15) is 0 Å². The molecule has 5 rings (SSSR count). The van der Waals surface area contributed by atoms with Crippen LogP contribution in [0.5, 0.6) is 11.5 Å². The Bertz CT molecular complexity index is 1320. The summed E-state index contributed by atoms with van der Waals surface area (Å²) in [5.41, 5.74) is 0.742. The van der Waals surface area contributed by atoms with Gasteiger partial charge in [-0.1, -0.05) is 11.3 Å². The van der Waals surface area contributed by atoms with E-state index in [4.69, 9.17) is 14.5 Å². The van der Waals surface area contributed by atoms with E-state index in [1.165, 1.54) is 34.8 Å². The van der Waals surface area contributed by atoms with Gasteiger partial charge in [0, 0.05) is 47.4 Å². The van der Waals surface area contributed by atoms with Gasteiger partial charge in [0.05, 0.1) is 20.0 Å². The average molecular weight is 471 g/mol. The van der Waals surface area contributed by atoms with Crippen LogP contribution in [-0.4, -0.2) is 54.7 Å². The van der Waals surface area contributed by atoms with Crippen molar-refractivity contribution >= 4 is 59.7 Å². The van der Waals surface area contributed by atoms with Crippen molar-refractivity contribution in [3.63, 3.8) is 0 Å². The number of hydrogen-bond acceptors (Lipinski definition) is 9. The number of hydrogen-bond donors (Lipinski definition) is 0. The average Bonchev–Trinajstić information content (AvgIpc) is 3.48. The van der Waals surface area contributed by atoms with Crippen molar-refractivity contribution in [2.24, 2.45) is 0 Å². The minimum atomic E-state index is -0.437. The van der Waals surface area contributed by atoms with E-state index < -0.39 is 4.92 Å². The molecule has 0 N–H and O–H groups in total. The second-order valence-corrected chi connectivity index (χ2v) is 9.61. The molecule has 4 aromatic rings. The van der Waals surface area contributed by atoms with E-state index in [9.17, 15) is 14.9 Å². The second kappa shape index (κ2) is 8.01. The van der Waals surface area contributed by atoms with Crippen molar-refractivity contribution in [3.8, 4) is 11.5 Å². The lowest BCUT2D eigenvalue weighted by molar-refractivity contribution is -0.384. The summed E-state index contributed by atoms with van der Waals surface area (Å²) in [5.74, 6) is 1.13. The van der Waals surface area contributed by atoms with Crippen LogP contribution in [0, 0.1) is 10.1 Å². The molecule has 0 radical (unpaired) electrons. The molecular weight excluding hydrogens is 452 g/mol. The number of benzene rings is 2. The predicted molar refractivity (Wildman–Crippen MR) is 124 cm³/mol. The Balaban J connectivity index is 1.52. The number of thiazole rings is 1. The normalized spacial score (nSPS) is 12.7. The first-order valence-electron chi connectivity index (χ1n) is 9.74. The summed E-state index contributed by atoms with van der Waals surface area (Å²) in [7, 11) is 3.89. The Kier molecular flexibility index (Phi) is 5.16. The molecule has 0 saturated heterocycles. The molecule has 11 heteroatoms. The monoisotopic (exact) mass is 470 g/mol. The first kappa shape index (κ1) is 20.6. The number of aromatic nitrogens is 1. The highest BCUT2D eigenvalue weighted by atomic mass is 32.1. The third kappa shape index (κ3) is 3.74. The number of fused-ring (bicyclic) bond motifs is 3. The topological polar surface area (TPSA) is 98.0 Å². The zero-order chi connectivity index (χ0) is 22.4. The lowest BCUT2D eigenvalue weighted by atomic mass is 10.2. The zero-order valence-corrected chi connectivity index (χ0v) is 18.9. The maximum Gasteiger partial charge on any atom is 0.270 e. The van der Waals surface area contributed by atoms with E-state index in [2.05, 4.69) is 0 Å². The maximum absolute atomic E-state index is 13.5. The number of nitro benzene ring substituents is 1. The van der Waals surface area contributed by atoms with Crippen LogP contribution in [0.15, 0.2) is 36.4 Å². The highest BCUT2D eigenvalue weighted by molar-refractivity contribution is 7.23. The van der Waals surface area contributed by atoms with Gasteiger partial charge in [0.25, 0.3) is 11.6 Å². The second-order valence-electron chi connectivity index (χ2n) is 7.52. The van der Waals surface area contributed by atoms with Gasteiger partial charge < -0.3 is 14.4 Å². The van der Waals surface area contributed by atoms with E-state index in [0.29, 0.717) is 40.0 Å². The van der Waals surface area contributed by atoms with Crippen molar-refractivity contribution in [3.05, 3.63) is 51.4 Å². The number of nitrogens with zero attached hydrogens (tertiary/aromatic N) is 4. The van der Waals surface area contributed by atoms with Crippen LogP contribution in [-0.2, 0) is 0 Å². The molecule has 0 spiro atoms. The molecule has 164 valence electrons. The minimum absolute atomic E-state index is 0.00224. The van der Waals surface area contributed by atoms with Crippen LogP contribution in [0.3, 0.4) is 0 Å². The summed E-state index contributed by atoms with van der Waals surface area (Å²) < 4.78 is 12.6. The van der Waals surface area contributed by atoms with Gasteiger partial charge >= 0.3 is 0 Å². The van der Waals surface area contributed by atoms with E-state index in [-0.39, 0.29) is 18.4 Å². The molecule has 9 nitrogen and oxygen atoms in total. The van der Waals surface area contributed by atoms with Crippen molar-refractivity contribution in [2.45, 2.75) is 0 Å². The third-order valence-electron chi connectivity index (χ3n) is 5.04. The summed E-state index contributed by atoms with van der Waals surface area (Å²) in [6, 6.07) is 10.0. The molecule has 1 aliphatic rings. The lowest BCUT2D eigenvalue weighted by Crippen LogP contribution is -2.36. The summed E-state index contributed by atoms with van der Waals surface area (Å²) in [6.07, 6.45) is 0. The predicted octanol–water partition coefficient (Wildman–Crippen LogP) is 4.36. The molecule has 0 atom stereocenters. The summed E-state index contributed by atoms with van der Waals surface area (Å²) in [4.78, 5) is 33.0. The molecule has 0 fully saturated rings. The summed E-state index contributed by atoms with van der Waals surface area (Å²) in [6.45, 7) is 1.30. The number of nitro groups is 1. The fourth-order valence-electron chi connectivity index (χ4n) is 3.39. The smallest absolute Gasteiger partial charge is 0.270 e. The van der Waals surface area contributed by atoms with Gasteiger partial charge in [0.2, 0.25) is 6.79 Å². The number of likely N-dealkylation sites (N-methyl/N-ethyl adjacent to an activating group) is 1. The lowest BCUT2D eigenvalue weighted by Gasteiger charge is -2.21. The number of anilines is 1. The van der Waals surface area contributed by atoms with Crippen LogP contribution in [0.2, 0.25) is 0 Å². The Labute approximate surface area is 190 Å². The van der Waals surface area contributed by atoms with Gasteiger partial charge in [-0.15, -0.1) is 11.3 Å². The van der Waals surface area contributed by atoms with Gasteiger partial charge in [0.1, 0.15) is 0 Å². The molecule has 0 aliphatic carbocycles. The molecule has 1 aliphatic heterocycles. The van der Waals surface area contributed by atoms with E-state index >= 15 is 0 Å². The Morgan fingerprint density at radius 2 is 1.88 bits per heavy atom. The van der Waals surface area contributed by atoms with Gasteiger partial charge in [-0.3, -0.25) is 19.8 Å². The molecule has 1 amide bonds. The molecule has 0 saturated carbocycles. The fourth-order valence-corrected chi connectivity index (χ4v) is 5.38. The number of non-ortho nitro benzene ring substituents is 1. The highest BCUT2D eigenvalue weighted by Gasteiger charge is 2.25. The zero-order valence-electron chi connectivity index (χ0n) is 17.2. The first-order chi connectivity index (χ1) is 15.4. The van der Waals surface area contributed by atoms with Gasteiger partial charge in [-0.25, -0.2) is 4.98 Å². The minimum Gasteiger partial charge on any atom is -0.454 e. The Hall–Kier alpha value is -3.28. The number of amides is 1. The van der Waals surface area contributed by atoms with Crippen molar-refractivity contribution in [1.82, 2.24) is 9.88 Å². The summed E-state index contributed by atoms with van der Waals surface area (Å²) >= 11 is 2.73. The quantitative estimate of drug-likeness (QED) is 0.305. The van der Waals surface area contributed by atoms with E-state index in [1.54, 1.807) is 17.0 Å². The molecule has 0 bridgehead atoms. The molecule has 3 heterocycles. The number of carbonyl (C=O) groups excluding carboxylic acids is 1. The third-order valence-corrected chi connectivity index (χ3v) is 7.19. The van der Waals surface area contributed by atoms with Crippen molar-refractivity contribution in [1.29, 1.82) is 0 Å². The number of carbonyl (C=O) groups is 1. The standard InChI is InChI=1S/C21H18N4O5S2/c1-23(2)5-6-24(21-22-14-9-15-16(30-11-29-15)10-18(14)32-21)20(26)19-8-12-7-13(25(27)28)3-4-17(12)31-19/h3-4,7-10H,5-6,11H2,1-2H3. The van der Waals surface area contributed by atoms with Gasteiger partial charge in [0.15, 0.2) is 16.6 Å². The maximum atomic E-state index is 13.5. The van der Waals surface area contributed by atoms with Crippen LogP contribution in [0.4, 0.5) is 10.8 Å². The number of thiophene rings is 1. The summed E-state index contributed by atoms with van der Waals surface area (Å²) in [5, 5.41) is 12.3. The van der Waals surface area contributed by atoms with Crippen LogP contribution < -0.4 is 14.4 Å². The molecule has 2 aromatic heterocycles. The van der Waals surface area contributed by atoms with Crippen LogP contribution in [0.25, 0.3) is 20.3 Å². The van der Waals surface area contributed by atoms with Crippen molar-refractivity contribution < 1.29 is 19.2 Å². The first-order valence-corrected chi connectivity index (χ1v) is 11.4. The Morgan fingerprint density at radius 3 is 2.62 bits per heavy atom. The van der Waals surface area contributed by atoms with Gasteiger partial charge in [-0.05, 0) is 26.2 Å². The number of rotatable bonds is 6. The number of ether oxygens (including phenoxy) is 2. The van der Waals surface area contributed by atoms with Crippen LogP contribution in [0.1, 0.15) is 9.67 Å². The van der Waals surface area contributed by atoms with Crippen molar-refractivity contribution in [2.75, 3.05) is 38.9 Å². The Morgan fingerprint density at radius 1 is 1.09 bits per heavy atom. The van der Waals surface area contributed by atoms with E-state index in [1.807, 2.05) is 31.1 Å². The van der Waals surface area contributed by atoms with Crippen LogP contribution >= 0.6 is 22.7 Å². The highest BCUT2D eigenvalue weighted by Crippen LogP contribution is 2.40.